The number of carbonyl (C=O) groups excluding carboxylic acids is 1. The van der Waals surface area contributed by atoms with Crippen molar-refractivity contribution >= 4 is 17.7 Å². The third-order valence-corrected chi connectivity index (χ3v) is 5.97. The summed E-state index contributed by atoms with van der Waals surface area (Å²) in [5, 5.41) is 18.6. The highest BCUT2D eigenvalue weighted by molar-refractivity contribution is 6.30. The lowest BCUT2D eigenvalue weighted by Gasteiger charge is -2.47. The molecule has 10 heteroatoms. The normalized spacial score (nSPS) is 19.3. The number of amides is 1. The molecular weight excluding hydrogens is 446 g/mol. The summed E-state index contributed by atoms with van der Waals surface area (Å²) >= 11 is 5.91. The number of benzene rings is 2. The minimum atomic E-state index is -1.49. The summed E-state index contributed by atoms with van der Waals surface area (Å²) in [6.07, 6.45) is -0.0453. The number of nitrogens with zero attached hydrogens (tertiary/aromatic N) is 4. The van der Waals surface area contributed by atoms with Crippen molar-refractivity contribution in [2.24, 2.45) is 0 Å². The molecule has 2 N–H and O–H groups in total. The van der Waals surface area contributed by atoms with Crippen LogP contribution in [0.4, 0.5) is 4.79 Å². The maximum absolute atomic E-state index is 13.4. The number of hydrogen-bond acceptors (Lipinski definition) is 6. The Balaban J connectivity index is 1.75. The van der Waals surface area contributed by atoms with Crippen molar-refractivity contribution < 1.29 is 14.6 Å². The van der Waals surface area contributed by atoms with Gasteiger partial charge in [0.2, 0.25) is 6.29 Å². The topological polar surface area (TPSA) is 102 Å². The highest BCUT2D eigenvalue weighted by atomic mass is 35.5. The molecule has 1 amide bonds. The molecule has 0 bridgehead atoms. The van der Waals surface area contributed by atoms with Gasteiger partial charge in [0.25, 0.3) is 0 Å². The fourth-order valence-electron chi connectivity index (χ4n) is 4.10. The fraction of sp³-hybridized carbons (Fsp3) is 0.348. The van der Waals surface area contributed by atoms with Gasteiger partial charge in [0.1, 0.15) is 6.33 Å². The number of nitrogens with one attached hydrogen (secondary N) is 1. The summed E-state index contributed by atoms with van der Waals surface area (Å²) in [5.74, 6) is 0. The molecule has 1 fully saturated rings. The van der Waals surface area contributed by atoms with Crippen LogP contribution in [0.3, 0.4) is 0 Å². The van der Waals surface area contributed by atoms with Gasteiger partial charge < -0.3 is 15.2 Å². The number of ether oxygens (including phenoxy) is 1. The monoisotopic (exact) mass is 471 g/mol. The first-order valence-corrected chi connectivity index (χ1v) is 11.2. The van der Waals surface area contributed by atoms with Crippen LogP contribution in [0.25, 0.3) is 0 Å². The summed E-state index contributed by atoms with van der Waals surface area (Å²) in [6, 6.07) is 15.6. The molecule has 2 heterocycles. The Morgan fingerprint density at radius 1 is 1.24 bits per heavy atom. The van der Waals surface area contributed by atoms with Crippen molar-refractivity contribution in [3.05, 3.63) is 87.6 Å². The van der Waals surface area contributed by atoms with Crippen molar-refractivity contribution in [2.75, 3.05) is 19.6 Å². The number of aryl methyl sites for hydroxylation is 1. The molecule has 174 valence electrons. The van der Waals surface area contributed by atoms with E-state index in [2.05, 4.69) is 10.4 Å². The number of rotatable bonds is 6. The minimum absolute atomic E-state index is 0.256. The summed E-state index contributed by atoms with van der Waals surface area (Å²) in [4.78, 5) is 28.1. The molecule has 0 aliphatic carbocycles. The summed E-state index contributed by atoms with van der Waals surface area (Å²) in [5.41, 5.74) is -0.450. The van der Waals surface area contributed by atoms with Crippen LogP contribution in [0.2, 0.25) is 5.02 Å². The van der Waals surface area contributed by atoms with Crippen molar-refractivity contribution in [3.63, 3.8) is 0 Å². The van der Waals surface area contributed by atoms with Crippen LogP contribution in [-0.2, 0) is 16.9 Å². The summed E-state index contributed by atoms with van der Waals surface area (Å²) < 4.78 is 8.28. The lowest BCUT2D eigenvalue weighted by molar-refractivity contribution is -0.0846. The van der Waals surface area contributed by atoms with E-state index in [1.165, 1.54) is 20.5 Å². The highest BCUT2D eigenvalue weighted by Crippen LogP contribution is 2.32. The first-order chi connectivity index (χ1) is 16.0. The lowest BCUT2D eigenvalue weighted by atomic mass is 9.95. The van der Waals surface area contributed by atoms with E-state index in [1.807, 2.05) is 37.3 Å². The molecule has 2 atom stereocenters. The average molecular weight is 472 g/mol. The van der Waals surface area contributed by atoms with Crippen molar-refractivity contribution in [1.29, 1.82) is 0 Å². The lowest BCUT2D eigenvalue weighted by Crippen LogP contribution is -2.66. The zero-order chi connectivity index (χ0) is 23.4. The number of piperazine rings is 1. The molecule has 2 aromatic carbocycles. The van der Waals surface area contributed by atoms with Gasteiger partial charge in [-0.3, -0.25) is 9.47 Å². The quantitative estimate of drug-likeness (QED) is 0.536. The SMILES string of the molecule is CCCn1ncn(C2(c3ccccc3)CNCCN2C(=O)OC(O)c2ccc(Cl)cc2)c1=O. The second kappa shape index (κ2) is 9.78. The first-order valence-electron chi connectivity index (χ1n) is 10.8. The van der Waals surface area contributed by atoms with E-state index in [-0.39, 0.29) is 18.8 Å². The van der Waals surface area contributed by atoms with Crippen LogP contribution in [0.1, 0.15) is 30.8 Å². The van der Waals surface area contributed by atoms with Gasteiger partial charge in [-0.1, -0.05) is 61.0 Å². The van der Waals surface area contributed by atoms with Gasteiger partial charge in [-0.15, -0.1) is 0 Å². The Bertz CT molecular complexity index is 1150. The number of carbonyl (C=O) groups is 1. The third-order valence-electron chi connectivity index (χ3n) is 5.72. The van der Waals surface area contributed by atoms with E-state index in [9.17, 15) is 14.7 Å². The van der Waals surface area contributed by atoms with Crippen LogP contribution in [0, 0.1) is 0 Å². The van der Waals surface area contributed by atoms with Gasteiger partial charge in [0, 0.05) is 36.8 Å². The second-order valence-corrected chi connectivity index (χ2v) is 8.24. The standard InChI is InChI=1S/C23H26ClN5O4/c1-2-13-29-21(31)28(16-26-29)23(18-6-4-3-5-7-18)15-25-12-14-27(23)22(32)33-20(30)17-8-10-19(24)11-9-17/h3-11,16,20,25,30H,2,12-15H2,1H3. The molecule has 9 nitrogen and oxygen atoms in total. The van der Waals surface area contributed by atoms with Gasteiger partial charge >= 0.3 is 11.8 Å². The predicted molar refractivity (Wildman–Crippen MR) is 123 cm³/mol. The average Bonchev–Trinajstić information content (AvgIpc) is 3.20. The van der Waals surface area contributed by atoms with E-state index in [1.54, 1.807) is 24.3 Å². The van der Waals surface area contributed by atoms with E-state index < -0.39 is 18.0 Å². The third kappa shape index (κ3) is 4.39. The first kappa shape index (κ1) is 23.0. The van der Waals surface area contributed by atoms with E-state index >= 15 is 0 Å². The summed E-state index contributed by atoms with van der Waals surface area (Å²) in [7, 11) is 0. The van der Waals surface area contributed by atoms with E-state index in [4.69, 9.17) is 16.3 Å². The van der Waals surface area contributed by atoms with Crippen molar-refractivity contribution in [2.45, 2.75) is 31.8 Å². The van der Waals surface area contributed by atoms with Gasteiger partial charge in [-0.2, -0.15) is 5.10 Å². The molecule has 1 saturated heterocycles. The number of aliphatic hydroxyl groups excluding tert-OH is 1. The second-order valence-electron chi connectivity index (χ2n) is 7.81. The molecule has 2 unspecified atom stereocenters. The Hall–Kier alpha value is -3.14. The molecule has 1 aliphatic rings. The molecule has 3 aromatic rings. The van der Waals surface area contributed by atoms with E-state index in [0.29, 0.717) is 29.2 Å². The maximum atomic E-state index is 13.4. The Morgan fingerprint density at radius 3 is 2.67 bits per heavy atom. The molecule has 0 spiro atoms. The van der Waals surface area contributed by atoms with Gasteiger partial charge in [-0.25, -0.2) is 14.3 Å². The number of halogens is 1. The van der Waals surface area contributed by atoms with Gasteiger partial charge in [0.15, 0.2) is 5.66 Å². The largest absolute Gasteiger partial charge is 0.415 e. The molecule has 0 saturated carbocycles. The Morgan fingerprint density at radius 2 is 1.97 bits per heavy atom. The zero-order valence-electron chi connectivity index (χ0n) is 18.2. The molecular formula is C23H26ClN5O4. The van der Waals surface area contributed by atoms with Crippen LogP contribution >= 0.6 is 11.6 Å². The molecule has 1 aromatic heterocycles. The predicted octanol–water partition coefficient (Wildman–Crippen LogP) is 2.54. The molecule has 4 rings (SSSR count). The van der Waals surface area contributed by atoms with Crippen molar-refractivity contribution in [1.82, 2.24) is 24.6 Å². The fourth-order valence-corrected chi connectivity index (χ4v) is 4.23. The van der Waals surface area contributed by atoms with E-state index in [0.717, 1.165) is 6.42 Å². The smallest absolute Gasteiger partial charge is 0.414 e. The summed E-state index contributed by atoms with van der Waals surface area (Å²) in [6.45, 7) is 3.44. The Kier molecular flexibility index (Phi) is 6.83. The number of aromatic nitrogens is 3. The minimum Gasteiger partial charge on any atom is -0.415 e. The van der Waals surface area contributed by atoms with Crippen LogP contribution in [-0.4, -0.2) is 50.1 Å². The number of aliphatic hydroxyl groups is 1. The van der Waals surface area contributed by atoms with Crippen LogP contribution in [0.5, 0.6) is 0 Å². The van der Waals surface area contributed by atoms with Crippen LogP contribution < -0.4 is 11.0 Å². The highest BCUT2D eigenvalue weighted by Gasteiger charge is 2.47. The molecule has 33 heavy (non-hydrogen) atoms. The van der Waals surface area contributed by atoms with Crippen LogP contribution in [0.15, 0.2) is 65.7 Å². The maximum Gasteiger partial charge on any atom is 0.414 e. The molecule has 1 aliphatic heterocycles. The van der Waals surface area contributed by atoms with Crippen molar-refractivity contribution in [3.8, 4) is 0 Å². The van der Waals surface area contributed by atoms with Gasteiger partial charge in [0.05, 0.1) is 0 Å². The van der Waals surface area contributed by atoms with Gasteiger partial charge in [-0.05, 0) is 24.1 Å². The Labute approximate surface area is 196 Å². The zero-order valence-corrected chi connectivity index (χ0v) is 19.0. The molecule has 0 radical (unpaired) electrons. The number of hydrogen-bond donors (Lipinski definition) is 2.